The number of amides is 2. The summed E-state index contributed by atoms with van der Waals surface area (Å²) in [5, 5.41) is 2.64. The van der Waals surface area contributed by atoms with Crippen molar-refractivity contribution in [3.8, 4) is 5.75 Å². The minimum Gasteiger partial charge on any atom is -0.495 e. The van der Waals surface area contributed by atoms with Crippen LogP contribution in [0.5, 0.6) is 5.75 Å². The average molecular weight is 358 g/mol. The van der Waals surface area contributed by atoms with E-state index in [4.69, 9.17) is 4.74 Å². The van der Waals surface area contributed by atoms with Gasteiger partial charge in [0.15, 0.2) is 0 Å². The molecule has 1 fully saturated rings. The fourth-order valence-corrected chi connectivity index (χ4v) is 3.18. The highest BCUT2D eigenvalue weighted by molar-refractivity contribution is 8.18. The van der Waals surface area contributed by atoms with Gasteiger partial charge in [0, 0.05) is 0 Å². The van der Waals surface area contributed by atoms with Crippen LogP contribution in [0.2, 0.25) is 0 Å². The molecule has 2 aromatic rings. The molecule has 25 heavy (non-hydrogen) atoms. The number of para-hydroxylation sites is 2. The Morgan fingerprint density at radius 1 is 1.20 bits per heavy atom. The zero-order valence-electron chi connectivity index (χ0n) is 13.4. The van der Waals surface area contributed by atoms with Crippen LogP contribution < -0.4 is 10.1 Å². The number of thioether (sulfide) groups is 1. The van der Waals surface area contributed by atoms with Crippen molar-refractivity contribution in [3.05, 3.63) is 64.8 Å². The third-order valence-electron chi connectivity index (χ3n) is 3.55. The van der Waals surface area contributed by atoms with Gasteiger partial charge in [-0.25, -0.2) is 4.39 Å². The zero-order chi connectivity index (χ0) is 17.8. The molecule has 3 rings (SSSR count). The van der Waals surface area contributed by atoms with E-state index >= 15 is 0 Å². The summed E-state index contributed by atoms with van der Waals surface area (Å²) in [6.45, 7) is 0.0194. The van der Waals surface area contributed by atoms with Crippen LogP contribution in [0.3, 0.4) is 0 Å². The van der Waals surface area contributed by atoms with Crippen molar-refractivity contribution in [2.45, 2.75) is 0 Å². The van der Waals surface area contributed by atoms with Crippen molar-refractivity contribution in [1.29, 1.82) is 0 Å². The average Bonchev–Trinajstić information content (AvgIpc) is 2.87. The van der Waals surface area contributed by atoms with Gasteiger partial charge in [-0.15, -0.1) is 0 Å². The normalized spacial score (nSPS) is 15.8. The highest BCUT2D eigenvalue weighted by Gasteiger charge is 2.34. The quantitative estimate of drug-likeness (QED) is 0.821. The summed E-state index contributed by atoms with van der Waals surface area (Å²) >= 11 is 0.832. The number of anilines is 1. The molecule has 1 heterocycles. The van der Waals surface area contributed by atoms with Crippen LogP contribution in [-0.2, 0) is 4.79 Å². The number of ether oxygens (including phenoxy) is 1. The van der Waals surface area contributed by atoms with Crippen LogP contribution in [0.15, 0.2) is 53.4 Å². The first kappa shape index (κ1) is 17.0. The second-order valence-corrected chi connectivity index (χ2v) is 6.19. The third-order valence-corrected chi connectivity index (χ3v) is 4.46. The van der Waals surface area contributed by atoms with Crippen molar-refractivity contribution in [2.75, 3.05) is 19.1 Å². The molecule has 2 aromatic carbocycles. The summed E-state index contributed by atoms with van der Waals surface area (Å²) in [6, 6.07) is 13.1. The third kappa shape index (κ3) is 3.83. The van der Waals surface area contributed by atoms with E-state index in [0.717, 1.165) is 16.7 Å². The standard InChI is InChI=1S/C18H15FN2O3S/c1-24-15-8-3-2-7-14(15)20-11-21-17(22)16(25-18(21)23)10-12-5-4-6-13(19)9-12/h2-10,20H,11H2,1H3/b16-10+. The van der Waals surface area contributed by atoms with E-state index in [9.17, 15) is 14.0 Å². The van der Waals surface area contributed by atoms with E-state index in [0.29, 0.717) is 17.0 Å². The number of halogens is 1. The maximum Gasteiger partial charge on any atom is 0.295 e. The van der Waals surface area contributed by atoms with E-state index in [-0.39, 0.29) is 16.8 Å². The number of rotatable bonds is 5. The van der Waals surface area contributed by atoms with Gasteiger partial charge in [-0.2, -0.15) is 0 Å². The first-order valence-electron chi connectivity index (χ1n) is 7.46. The second kappa shape index (κ2) is 7.40. The second-order valence-electron chi connectivity index (χ2n) is 5.20. The molecule has 0 radical (unpaired) electrons. The molecule has 0 saturated carbocycles. The van der Waals surface area contributed by atoms with Gasteiger partial charge < -0.3 is 10.1 Å². The smallest absolute Gasteiger partial charge is 0.295 e. The Morgan fingerprint density at radius 2 is 2.00 bits per heavy atom. The van der Waals surface area contributed by atoms with Gasteiger partial charge in [-0.1, -0.05) is 24.3 Å². The zero-order valence-corrected chi connectivity index (χ0v) is 14.2. The van der Waals surface area contributed by atoms with Gasteiger partial charge in [0.05, 0.1) is 24.4 Å². The van der Waals surface area contributed by atoms with Crippen LogP contribution in [0.4, 0.5) is 14.9 Å². The van der Waals surface area contributed by atoms with Crippen LogP contribution >= 0.6 is 11.8 Å². The number of hydrogen-bond donors (Lipinski definition) is 1. The Kier molecular flexibility index (Phi) is 5.04. The number of hydrogen-bond acceptors (Lipinski definition) is 5. The Morgan fingerprint density at radius 3 is 2.76 bits per heavy atom. The molecule has 0 bridgehead atoms. The summed E-state index contributed by atoms with van der Waals surface area (Å²) in [4.78, 5) is 25.9. The molecule has 0 aromatic heterocycles. The lowest BCUT2D eigenvalue weighted by Crippen LogP contribution is -2.33. The molecule has 5 nitrogen and oxygen atoms in total. The minimum absolute atomic E-state index is 0.0194. The number of carbonyl (C=O) groups is 2. The van der Waals surface area contributed by atoms with Crippen molar-refractivity contribution in [2.24, 2.45) is 0 Å². The Labute approximate surface area is 148 Å². The molecular formula is C18H15FN2O3S. The lowest BCUT2D eigenvalue weighted by molar-refractivity contribution is -0.122. The highest BCUT2D eigenvalue weighted by Crippen LogP contribution is 2.32. The highest BCUT2D eigenvalue weighted by atomic mass is 32.2. The molecule has 1 saturated heterocycles. The van der Waals surface area contributed by atoms with Crippen LogP contribution in [0, 0.1) is 5.82 Å². The van der Waals surface area contributed by atoms with Gasteiger partial charge >= 0.3 is 0 Å². The number of benzene rings is 2. The molecule has 0 aliphatic carbocycles. The molecule has 128 valence electrons. The topological polar surface area (TPSA) is 58.6 Å². The van der Waals surface area contributed by atoms with Gasteiger partial charge in [-0.05, 0) is 47.7 Å². The van der Waals surface area contributed by atoms with E-state index in [1.165, 1.54) is 18.2 Å². The molecule has 2 amide bonds. The van der Waals surface area contributed by atoms with Crippen molar-refractivity contribution >= 4 is 34.7 Å². The maximum absolute atomic E-state index is 13.3. The predicted octanol–water partition coefficient (Wildman–Crippen LogP) is 3.94. The molecule has 0 unspecified atom stereocenters. The van der Waals surface area contributed by atoms with Crippen molar-refractivity contribution in [1.82, 2.24) is 4.90 Å². The van der Waals surface area contributed by atoms with E-state index < -0.39 is 11.7 Å². The molecule has 0 atom stereocenters. The summed E-state index contributed by atoms with van der Waals surface area (Å²) in [7, 11) is 1.54. The summed E-state index contributed by atoms with van der Waals surface area (Å²) < 4.78 is 18.5. The number of methoxy groups -OCH3 is 1. The first-order valence-corrected chi connectivity index (χ1v) is 8.28. The van der Waals surface area contributed by atoms with E-state index in [2.05, 4.69) is 5.32 Å². The lowest BCUT2D eigenvalue weighted by Gasteiger charge is -2.16. The van der Waals surface area contributed by atoms with E-state index in [1.807, 2.05) is 12.1 Å². The van der Waals surface area contributed by atoms with E-state index in [1.54, 1.807) is 31.4 Å². The van der Waals surface area contributed by atoms with Gasteiger partial charge in [-0.3, -0.25) is 14.5 Å². The molecule has 1 aliphatic rings. The van der Waals surface area contributed by atoms with Crippen molar-refractivity contribution < 1.29 is 18.7 Å². The molecule has 1 N–H and O–H groups in total. The lowest BCUT2D eigenvalue weighted by atomic mass is 10.2. The van der Waals surface area contributed by atoms with Gasteiger partial charge in [0.1, 0.15) is 11.6 Å². The Bertz CT molecular complexity index is 854. The van der Waals surface area contributed by atoms with Crippen LogP contribution in [0.1, 0.15) is 5.56 Å². The maximum atomic E-state index is 13.3. The minimum atomic E-state index is -0.415. The summed E-state index contributed by atoms with van der Waals surface area (Å²) in [5.41, 5.74) is 1.21. The summed E-state index contributed by atoms with van der Waals surface area (Å²) in [6.07, 6.45) is 1.51. The Hall–Kier alpha value is -2.80. The number of nitrogens with zero attached hydrogens (tertiary/aromatic N) is 1. The monoisotopic (exact) mass is 358 g/mol. The SMILES string of the molecule is COc1ccccc1NCN1C(=O)S/C(=C/c2cccc(F)c2)C1=O. The largest absolute Gasteiger partial charge is 0.495 e. The molecular weight excluding hydrogens is 343 g/mol. The summed E-state index contributed by atoms with van der Waals surface area (Å²) in [5.74, 6) is -0.197. The fourth-order valence-electron chi connectivity index (χ4n) is 2.34. The molecule has 0 spiro atoms. The van der Waals surface area contributed by atoms with Gasteiger partial charge in [0.2, 0.25) is 0 Å². The predicted molar refractivity (Wildman–Crippen MR) is 95.7 cm³/mol. The number of imide groups is 1. The molecule has 7 heteroatoms. The number of nitrogens with one attached hydrogen (secondary N) is 1. The Balaban J connectivity index is 1.73. The van der Waals surface area contributed by atoms with Crippen LogP contribution in [-0.4, -0.2) is 29.8 Å². The molecule has 1 aliphatic heterocycles. The number of carbonyl (C=O) groups excluding carboxylic acids is 2. The van der Waals surface area contributed by atoms with Crippen molar-refractivity contribution in [3.63, 3.8) is 0 Å². The van der Waals surface area contributed by atoms with Gasteiger partial charge in [0.25, 0.3) is 11.1 Å². The van der Waals surface area contributed by atoms with Crippen LogP contribution in [0.25, 0.3) is 6.08 Å². The first-order chi connectivity index (χ1) is 12.1. The fraction of sp³-hybridized carbons (Fsp3) is 0.111.